The Morgan fingerprint density at radius 1 is 1.26 bits per heavy atom. The third-order valence-electron chi connectivity index (χ3n) is 3.70. The lowest BCUT2D eigenvalue weighted by atomic mass is 9.82. The zero-order valence-electron chi connectivity index (χ0n) is 11.4. The average Bonchev–Trinajstić information content (AvgIpc) is 2.30. The van der Waals surface area contributed by atoms with Gasteiger partial charge in [-0.05, 0) is 43.2 Å². The summed E-state index contributed by atoms with van der Waals surface area (Å²) in [4.78, 5) is 11.2. The van der Waals surface area contributed by atoms with Gasteiger partial charge in [-0.15, -0.1) is 0 Å². The molecule has 2 rings (SSSR count). The van der Waals surface area contributed by atoms with Crippen LogP contribution in [0.25, 0.3) is 0 Å². The lowest BCUT2D eigenvalue weighted by molar-refractivity contribution is 0.0676. The molecule has 2 atom stereocenters. The molecule has 0 radical (unpaired) electrons. The summed E-state index contributed by atoms with van der Waals surface area (Å²) < 4.78 is 5.91. The minimum absolute atomic E-state index is 0.0570. The van der Waals surface area contributed by atoms with Crippen LogP contribution < -0.4 is 10.5 Å². The van der Waals surface area contributed by atoms with Crippen LogP contribution in [0, 0.1) is 11.8 Å². The van der Waals surface area contributed by atoms with Crippen LogP contribution in [0.3, 0.4) is 0 Å². The first-order chi connectivity index (χ1) is 8.97. The number of carboxylic acid groups (broad SMARTS) is 1. The topological polar surface area (TPSA) is 72.5 Å². The van der Waals surface area contributed by atoms with Crippen molar-refractivity contribution in [3.05, 3.63) is 23.8 Å². The molecule has 2 unspecified atom stereocenters. The molecule has 0 bridgehead atoms. The number of hydrogen-bond acceptors (Lipinski definition) is 3. The SMILES string of the molecule is CC1CC(C)CC(Oc2c(N)cccc2C(=O)O)C1. The van der Waals surface area contributed by atoms with Crippen molar-refractivity contribution in [2.75, 3.05) is 5.73 Å². The number of benzene rings is 1. The van der Waals surface area contributed by atoms with Crippen molar-refractivity contribution in [1.29, 1.82) is 0 Å². The summed E-state index contributed by atoms with van der Waals surface area (Å²) in [6, 6.07) is 4.85. The van der Waals surface area contributed by atoms with Gasteiger partial charge in [0, 0.05) is 0 Å². The second-order valence-electron chi connectivity index (χ2n) is 5.69. The minimum atomic E-state index is -1.00. The second-order valence-corrected chi connectivity index (χ2v) is 5.69. The maximum atomic E-state index is 11.2. The number of carboxylic acids is 1. The highest BCUT2D eigenvalue weighted by Crippen LogP contribution is 2.34. The molecule has 0 aromatic heterocycles. The average molecular weight is 263 g/mol. The summed E-state index contributed by atoms with van der Waals surface area (Å²) in [6.07, 6.45) is 3.17. The molecule has 0 heterocycles. The molecule has 1 fully saturated rings. The van der Waals surface area contributed by atoms with Gasteiger partial charge in [0.1, 0.15) is 5.56 Å². The maximum absolute atomic E-state index is 11.2. The van der Waals surface area contributed by atoms with Crippen LogP contribution in [0.2, 0.25) is 0 Å². The molecule has 19 heavy (non-hydrogen) atoms. The molecule has 0 saturated heterocycles. The van der Waals surface area contributed by atoms with E-state index in [4.69, 9.17) is 10.5 Å². The Balaban J connectivity index is 2.21. The molecule has 104 valence electrons. The van der Waals surface area contributed by atoms with Crippen LogP contribution in [0.15, 0.2) is 18.2 Å². The highest BCUT2D eigenvalue weighted by atomic mass is 16.5. The van der Waals surface area contributed by atoms with Gasteiger partial charge < -0.3 is 15.6 Å². The highest BCUT2D eigenvalue weighted by molar-refractivity contribution is 5.93. The third kappa shape index (κ3) is 3.19. The van der Waals surface area contributed by atoms with Gasteiger partial charge in [0.2, 0.25) is 0 Å². The zero-order chi connectivity index (χ0) is 14.0. The standard InChI is InChI=1S/C15H21NO3/c1-9-6-10(2)8-11(7-9)19-14-12(15(17)18)4-3-5-13(14)16/h3-5,9-11H,6-8,16H2,1-2H3,(H,17,18). The number of nitrogen functional groups attached to an aromatic ring is 1. The number of hydrogen-bond donors (Lipinski definition) is 2. The van der Waals surface area contributed by atoms with Crippen molar-refractivity contribution >= 4 is 11.7 Å². The van der Waals surface area contributed by atoms with E-state index in [0.717, 1.165) is 12.8 Å². The molecule has 1 aliphatic rings. The fraction of sp³-hybridized carbons (Fsp3) is 0.533. The molecule has 0 spiro atoms. The quantitative estimate of drug-likeness (QED) is 0.821. The van der Waals surface area contributed by atoms with E-state index in [1.54, 1.807) is 12.1 Å². The summed E-state index contributed by atoms with van der Waals surface area (Å²) in [6.45, 7) is 4.41. The monoisotopic (exact) mass is 263 g/mol. The fourth-order valence-corrected chi connectivity index (χ4v) is 2.99. The molecule has 1 aliphatic carbocycles. The first-order valence-corrected chi connectivity index (χ1v) is 6.75. The van der Waals surface area contributed by atoms with Crippen LogP contribution in [0.5, 0.6) is 5.75 Å². The van der Waals surface area contributed by atoms with Crippen LogP contribution in [0.1, 0.15) is 43.5 Å². The van der Waals surface area contributed by atoms with Gasteiger partial charge in [-0.25, -0.2) is 4.79 Å². The van der Waals surface area contributed by atoms with Crippen molar-refractivity contribution in [1.82, 2.24) is 0 Å². The van der Waals surface area contributed by atoms with E-state index in [-0.39, 0.29) is 11.7 Å². The zero-order valence-corrected chi connectivity index (χ0v) is 11.4. The van der Waals surface area contributed by atoms with Crippen LogP contribution in [0.4, 0.5) is 5.69 Å². The summed E-state index contributed by atoms with van der Waals surface area (Å²) in [5, 5.41) is 9.19. The van der Waals surface area contributed by atoms with Gasteiger partial charge in [0.25, 0.3) is 0 Å². The highest BCUT2D eigenvalue weighted by Gasteiger charge is 2.27. The Labute approximate surface area is 113 Å². The number of aromatic carboxylic acids is 1. The predicted molar refractivity (Wildman–Crippen MR) is 74.4 cm³/mol. The molecule has 3 N–H and O–H groups in total. The Morgan fingerprint density at radius 3 is 2.47 bits per heavy atom. The van der Waals surface area contributed by atoms with Gasteiger partial charge in [0.05, 0.1) is 11.8 Å². The molecular weight excluding hydrogens is 242 g/mol. The Bertz CT molecular complexity index is 462. The molecule has 1 aromatic rings. The van der Waals surface area contributed by atoms with E-state index in [2.05, 4.69) is 13.8 Å². The number of anilines is 1. The summed E-state index contributed by atoms with van der Waals surface area (Å²) >= 11 is 0. The smallest absolute Gasteiger partial charge is 0.339 e. The molecule has 1 aromatic carbocycles. The first-order valence-electron chi connectivity index (χ1n) is 6.75. The van der Waals surface area contributed by atoms with Crippen LogP contribution in [-0.4, -0.2) is 17.2 Å². The molecular formula is C15H21NO3. The van der Waals surface area contributed by atoms with Crippen LogP contribution >= 0.6 is 0 Å². The first kappa shape index (κ1) is 13.7. The summed E-state index contributed by atoms with van der Waals surface area (Å²) in [5.74, 6) is 0.527. The van der Waals surface area contributed by atoms with E-state index < -0.39 is 5.97 Å². The lowest BCUT2D eigenvalue weighted by Gasteiger charge is -2.32. The Kier molecular flexibility index (Phi) is 3.98. The van der Waals surface area contributed by atoms with Gasteiger partial charge >= 0.3 is 5.97 Å². The number of rotatable bonds is 3. The maximum Gasteiger partial charge on any atom is 0.339 e. The van der Waals surface area contributed by atoms with E-state index in [0.29, 0.717) is 23.3 Å². The van der Waals surface area contributed by atoms with Crippen molar-refractivity contribution < 1.29 is 14.6 Å². The molecule has 0 amide bonds. The van der Waals surface area contributed by atoms with Gasteiger partial charge in [-0.3, -0.25) is 0 Å². The van der Waals surface area contributed by atoms with Crippen molar-refractivity contribution in [2.24, 2.45) is 11.8 Å². The van der Waals surface area contributed by atoms with E-state index in [1.807, 2.05) is 0 Å². The van der Waals surface area contributed by atoms with Gasteiger partial charge in [0.15, 0.2) is 5.75 Å². The van der Waals surface area contributed by atoms with Crippen LogP contribution in [-0.2, 0) is 0 Å². The van der Waals surface area contributed by atoms with Gasteiger partial charge in [-0.1, -0.05) is 19.9 Å². The molecule has 4 heteroatoms. The van der Waals surface area contributed by atoms with E-state index in [9.17, 15) is 9.90 Å². The number of para-hydroxylation sites is 1. The molecule has 1 saturated carbocycles. The van der Waals surface area contributed by atoms with Crippen molar-refractivity contribution in [3.63, 3.8) is 0 Å². The van der Waals surface area contributed by atoms with Gasteiger partial charge in [-0.2, -0.15) is 0 Å². The van der Waals surface area contributed by atoms with Crippen molar-refractivity contribution in [2.45, 2.75) is 39.2 Å². The molecule has 4 nitrogen and oxygen atoms in total. The lowest BCUT2D eigenvalue weighted by Crippen LogP contribution is -2.29. The minimum Gasteiger partial charge on any atom is -0.487 e. The molecule has 0 aliphatic heterocycles. The normalized spacial score (nSPS) is 26.9. The van der Waals surface area contributed by atoms with E-state index in [1.165, 1.54) is 12.5 Å². The third-order valence-corrected chi connectivity index (χ3v) is 3.70. The number of carbonyl (C=O) groups is 1. The summed E-state index contributed by atoms with van der Waals surface area (Å²) in [7, 11) is 0. The van der Waals surface area contributed by atoms with Crippen molar-refractivity contribution in [3.8, 4) is 5.75 Å². The fourth-order valence-electron chi connectivity index (χ4n) is 2.99. The predicted octanol–water partition coefficient (Wildman–Crippen LogP) is 3.17. The second kappa shape index (κ2) is 5.51. The number of nitrogens with two attached hydrogens (primary N) is 1. The summed E-state index contributed by atoms with van der Waals surface area (Å²) in [5.41, 5.74) is 6.40. The van der Waals surface area contributed by atoms with E-state index >= 15 is 0 Å². The Morgan fingerprint density at radius 2 is 1.89 bits per heavy atom. The number of ether oxygens (including phenoxy) is 1. The Hall–Kier alpha value is -1.71. The largest absolute Gasteiger partial charge is 0.487 e.